The van der Waals surface area contributed by atoms with Gasteiger partial charge in [0.2, 0.25) is 0 Å². The summed E-state index contributed by atoms with van der Waals surface area (Å²) in [7, 11) is 3.50. The Bertz CT molecular complexity index is 582. The zero-order valence-corrected chi connectivity index (χ0v) is 11.9. The fraction of sp³-hybridized carbons (Fsp3) is 0.500. The lowest BCUT2D eigenvalue weighted by Gasteiger charge is -2.23. The van der Waals surface area contributed by atoms with Crippen molar-refractivity contribution in [3.63, 3.8) is 0 Å². The van der Waals surface area contributed by atoms with Crippen molar-refractivity contribution in [3.8, 4) is 5.75 Å². The molecule has 3 rings (SSSR count). The first kappa shape index (κ1) is 13.1. The highest BCUT2D eigenvalue weighted by Gasteiger charge is 2.27. The zero-order chi connectivity index (χ0) is 13.9. The van der Waals surface area contributed by atoms with Crippen LogP contribution >= 0.6 is 0 Å². The van der Waals surface area contributed by atoms with Crippen molar-refractivity contribution in [1.82, 2.24) is 25.1 Å². The Labute approximate surface area is 118 Å². The average molecular weight is 273 g/mol. The third-order valence-electron chi connectivity index (χ3n) is 3.74. The first-order valence-corrected chi connectivity index (χ1v) is 6.87. The van der Waals surface area contributed by atoms with Crippen LogP contribution in [-0.2, 0) is 13.6 Å². The minimum absolute atomic E-state index is 0.411. The average Bonchev–Trinajstić information content (AvgIpc) is 3.08. The maximum Gasteiger partial charge on any atom is 0.188 e. The summed E-state index contributed by atoms with van der Waals surface area (Å²) in [5.74, 6) is 1.69. The van der Waals surface area contributed by atoms with E-state index < -0.39 is 0 Å². The summed E-state index contributed by atoms with van der Waals surface area (Å²) in [5.41, 5.74) is 1.30. The Morgan fingerprint density at radius 3 is 3.05 bits per heavy atom. The standard InChI is InChI=1S/C14H19N5O/c1-18-16-14(15-17-18)10-19-8-4-7-13(19)11-5-3-6-12(9-11)20-2/h3,5-6,9,13H,4,7-8,10H2,1-2H3. The van der Waals surface area contributed by atoms with Crippen LogP contribution < -0.4 is 4.74 Å². The van der Waals surface area contributed by atoms with Gasteiger partial charge in [0.1, 0.15) is 5.75 Å². The summed E-state index contributed by atoms with van der Waals surface area (Å²) in [6, 6.07) is 8.72. The fourth-order valence-electron chi connectivity index (χ4n) is 2.81. The highest BCUT2D eigenvalue weighted by Crippen LogP contribution is 2.33. The molecule has 1 aliphatic heterocycles. The molecule has 2 aromatic rings. The van der Waals surface area contributed by atoms with Crippen LogP contribution in [0.1, 0.15) is 30.3 Å². The normalized spacial score (nSPS) is 19.4. The van der Waals surface area contributed by atoms with Gasteiger partial charge in [-0.25, -0.2) is 0 Å². The summed E-state index contributed by atoms with van der Waals surface area (Å²) in [6.07, 6.45) is 2.36. The van der Waals surface area contributed by atoms with Crippen molar-refractivity contribution >= 4 is 0 Å². The van der Waals surface area contributed by atoms with Gasteiger partial charge in [-0.2, -0.15) is 4.80 Å². The molecule has 20 heavy (non-hydrogen) atoms. The second-order valence-electron chi connectivity index (χ2n) is 5.10. The van der Waals surface area contributed by atoms with Gasteiger partial charge in [-0.15, -0.1) is 10.2 Å². The van der Waals surface area contributed by atoms with E-state index in [4.69, 9.17) is 4.74 Å². The predicted molar refractivity (Wildman–Crippen MR) is 74.2 cm³/mol. The van der Waals surface area contributed by atoms with Crippen molar-refractivity contribution in [2.75, 3.05) is 13.7 Å². The molecule has 6 heteroatoms. The second-order valence-corrected chi connectivity index (χ2v) is 5.10. The molecule has 1 aliphatic rings. The molecule has 0 aliphatic carbocycles. The molecule has 0 amide bonds. The van der Waals surface area contributed by atoms with Crippen LogP contribution in [0.15, 0.2) is 24.3 Å². The monoisotopic (exact) mass is 273 g/mol. The van der Waals surface area contributed by atoms with Crippen molar-refractivity contribution in [2.24, 2.45) is 7.05 Å². The number of hydrogen-bond donors (Lipinski definition) is 0. The summed E-state index contributed by atoms with van der Waals surface area (Å²) in [6.45, 7) is 1.82. The van der Waals surface area contributed by atoms with Crippen LogP contribution in [-0.4, -0.2) is 38.8 Å². The Balaban J connectivity index is 1.77. The molecule has 0 radical (unpaired) electrons. The summed E-state index contributed by atoms with van der Waals surface area (Å²) in [4.78, 5) is 3.91. The van der Waals surface area contributed by atoms with Crippen molar-refractivity contribution in [1.29, 1.82) is 0 Å². The smallest absolute Gasteiger partial charge is 0.188 e. The molecule has 1 aromatic heterocycles. The highest BCUT2D eigenvalue weighted by atomic mass is 16.5. The van der Waals surface area contributed by atoms with Gasteiger partial charge in [0.05, 0.1) is 20.7 Å². The Hall–Kier alpha value is -1.95. The van der Waals surface area contributed by atoms with Gasteiger partial charge in [-0.1, -0.05) is 12.1 Å². The number of aryl methyl sites for hydroxylation is 1. The molecule has 0 bridgehead atoms. The molecule has 0 spiro atoms. The third-order valence-corrected chi connectivity index (χ3v) is 3.74. The molecule has 0 saturated carbocycles. The number of nitrogens with zero attached hydrogens (tertiary/aromatic N) is 5. The SMILES string of the molecule is COc1cccc(C2CCCN2Cc2nnn(C)n2)c1. The number of aromatic nitrogens is 4. The molecule has 2 heterocycles. The van der Waals surface area contributed by atoms with E-state index in [1.807, 2.05) is 12.1 Å². The number of likely N-dealkylation sites (tertiary alicyclic amines) is 1. The minimum atomic E-state index is 0.411. The number of benzene rings is 1. The maximum atomic E-state index is 5.31. The van der Waals surface area contributed by atoms with Gasteiger partial charge >= 0.3 is 0 Å². The Morgan fingerprint density at radius 1 is 1.40 bits per heavy atom. The molecule has 1 aromatic carbocycles. The molecule has 1 saturated heterocycles. The van der Waals surface area contributed by atoms with Crippen molar-refractivity contribution in [2.45, 2.75) is 25.4 Å². The lowest BCUT2D eigenvalue weighted by atomic mass is 10.0. The van der Waals surface area contributed by atoms with Crippen LogP contribution in [0.4, 0.5) is 0 Å². The summed E-state index contributed by atoms with van der Waals surface area (Å²) < 4.78 is 5.31. The largest absolute Gasteiger partial charge is 0.497 e. The van der Waals surface area contributed by atoms with Gasteiger partial charge in [0, 0.05) is 6.04 Å². The van der Waals surface area contributed by atoms with E-state index in [1.54, 1.807) is 14.2 Å². The van der Waals surface area contributed by atoms with E-state index in [2.05, 4.69) is 32.4 Å². The van der Waals surface area contributed by atoms with E-state index in [1.165, 1.54) is 16.8 Å². The number of ether oxygens (including phenoxy) is 1. The van der Waals surface area contributed by atoms with E-state index in [-0.39, 0.29) is 0 Å². The second kappa shape index (κ2) is 5.58. The molecule has 6 nitrogen and oxygen atoms in total. The van der Waals surface area contributed by atoms with Crippen molar-refractivity contribution < 1.29 is 4.74 Å². The summed E-state index contributed by atoms with van der Waals surface area (Å²) in [5, 5.41) is 12.2. The Morgan fingerprint density at radius 2 is 2.30 bits per heavy atom. The first-order valence-electron chi connectivity index (χ1n) is 6.87. The number of methoxy groups -OCH3 is 1. The number of rotatable bonds is 4. The number of hydrogen-bond acceptors (Lipinski definition) is 5. The topological polar surface area (TPSA) is 56.1 Å². The minimum Gasteiger partial charge on any atom is -0.497 e. The lowest BCUT2D eigenvalue weighted by molar-refractivity contribution is 0.241. The molecule has 106 valence electrons. The first-order chi connectivity index (χ1) is 9.76. The van der Waals surface area contributed by atoms with E-state index >= 15 is 0 Å². The van der Waals surface area contributed by atoms with Crippen LogP contribution in [0.5, 0.6) is 5.75 Å². The maximum absolute atomic E-state index is 5.31. The summed E-state index contributed by atoms with van der Waals surface area (Å²) >= 11 is 0. The molecular weight excluding hydrogens is 254 g/mol. The predicted octanol–water partition coefficient (Wildman–Crippen LogP) is 1.56. The highest BCUT2D eigenvalue weighted by molar-refractivity contribution is 5.31. The molecule has 1 unspecified atom stereocenters. The van der Waals surface area contributed by atoms with Gasteiger partial charge in [0.15, 0.2) is 5.82 Å². The van der Waals surface area contributed by atoms with Crippen LogP contribution in [0.25, 0.3) is 0 Å². The van der Waals surface area contributed by atoms with Crippen LogP contribution in [0, 0.1) is 0 Å². The van der Waals surface area contributed by atoms with Gasteiger partial charge in [-0.05, 0) is 42.3 Å². The number of tetrazole rings is 1. The quantitative estimate of drug-likeness (QED) is 0.846. The molecule has 1 fully saturated rings. The van der Waals surface area contributed by atoms with Gasteiger partial charge < -0.3 is 4.74 Å². The molecular formula is C14H19N5O. The third kappa shape index (κ3) is 2.65. The Kier molecular flexibility index (Phi) is 3.64. The zero-order valence-electron chi connectivity index (χ0n) is 11.9. The van der Waals surface area contributed by atoms with Crippen molar-refractivity contribution in [3.05, 3.63) is 35.7 Å². The molecule has 0 N–H and O–H groups in total. The molecule has 1 atom stereocenters. The van der Waals surface area contributed by atoms with Crippen LogP contribution in [0.2, 0.25) is 0 Å². The lowest BCUT2D eigenvalue weighted by Crippen LogP contribution is -2.23. The van der Waals surface area contributed by atoms with Crippen LogP contribution in [0.3, 0.4) is 0 Å². The van der Waals surface area contributed by atoms with E-state index in [0.29, 0.717) is 6.04 Å². The van der Waals surface area contributed by atoms with E-state index in [9.17, 15) is 0 Å². The fourth-order valence-corrected chi connectivity index (χ4v) is 2.81. The van der Waals surface area contributed by atoms with Gasteiger partial charge in [0.25, 0.3) is 0 Å². The van der Waals surface area contributed by atoms with E-state index in [0.717, 1.165) is 31.1 Å². The van der Waals surface area contributed by atoms with Gasteiger partial charge in [-0.3, -0.25) is 4.90 Å².